The van der Waals surface area contributed by atoms with E-state index in [1.807, 2.05) is 6.92 Å². The number of hydrogen-bond donors (Lipinski definition) is 3. The molecule has 0 aliphatic rings. The smallest absolute Gasteiger partial charge is 0.319 e. The van der Waals surface area contributed by atoms with Crippen LogP contribution in [0.1, 0.15) is 13.3 Å². The molecule has 0 bridgehead atoms. The van der Waals surface area contributed by atoms with Gasteiger partial charge in [0, 0.05) is 18.8 Å². The summed E-state index contributed by atoms with van der Waals surface area (Å²) in [5.41, 5.74) is 0.446. The van der Waals surface area contributed by atoms with Crippen LogP contribution in [0.2, 0.25) is 0 Å². The van der Waals surface area contributed by atoms with Crippen LogP contribution in [0.15, 0.2) is 42.6 Å². The fourth-order valence-corrected chi connectivity index (χ4v) is 1.97. The molecule has 0 unspecified atom stereocenters. The minimum absolute atomic E-state index is 0.0141. The Morgan fingerprint density at radius 3 is 2.62 bits per heavy atom. The fourth-order valence-electron chi connectivity index (χ4n) is 1.97. The monoisotopic (exact) mass is 331 g/mol. The topological polar surface area (TPSA) is 92.7 Å². The highest BCUT2D eigenvalue weighted by Gasteiger charge is 2.11. The van der Waals surface area contributed by atoms with Gasteiger partial charge in [0.1, 0.15) is 17.2 Å². The van der Waals surface area contributed by atoms with Crippen molar-refractivity contribution in [1.82, 2.24) is 10.3 Å². The molecular weight excluding hydrogens is 310 g/mol. The van der Waals surface area contributed by atoms with Crippen LogP contribution in [0.3, 0.4) is 0 Å². The first-order valence-corrected chi connectivity index (χ1v) is 7.57. The van der Waals surface area contributed by atoms with E-state index < -0.39 is 0 Å². The fraction of sp³-hybridized carbons (Fsp3) is 0.294. The second kappa shape index (κ2) is 8.73. The molecule has 0 saturated heterocycles. The Hall–Kier alpha value is -2.80. The molecule has 1 aromatic heterocycles. The molecule has 3 N–H and O–H groups in total. The normalized spacial score (nSPS) is 11.5. The van der Waals surface area contributed by atoms with Gasteiger partial charge in [-0.3, -0.25) is 0 Å². The number of urea groups is 1. The van der Waals surface area contributed by atoms with Crippen molar-refractivity contribution in [3.05, 3.63) is 42.6 Å². The number of amides is 2. The third-order valence-corrected chi connectivity index (χ3v) is 3.23. The maximum Gasteiger partial charge on any atom is 0.319 e. The van der Waals surface area contributed by atoms with Gasteiger partial charge in [-0.15, -0.1) is 0 Å². The molecule has 1 aromatic carbocycles. The van der Waals surface area contributed by atoms with Gasteiger partial charge in [-0.1, -0.05) is 0 Å². The first-order valence-electron chi connectivity index (χ1n) is 7.57. The zero-order chi connectivity index (χ0) is 17.4. The number of anilines is 1. The van der Waals surface area contributed by atoms with E-state index >= 15 is 0 Å². The Morgan fingerprint density at radius 2 is 1.96 bits per heavy atom. The van der Waals surface area contributed by atoms with Gasteiger partial charge in [-0.05, 0) is 49.7 Å². The van der Waals surface area contributed by atoms with E-state index in [4.69, 9.17) is 14.6 Å². The zero-order valence-electron chi connectivity index (χ0n) is 13.7. The molecule has 0 saturated carbocycles. The van der Waals surface area contributed by atoms with E-state index in [-0.39, 0.29) is 24.6 Å². The maximum atomic E-state index is 12.0. The molecule has 1 atom stereocenters. The van der Waals surface area contributed by atoms with Crippen LogP contribution in [0, 0.1) is 0 Å². The highest BCUT2D eigenvalue weighted by atomic mass is 16.5. The summed E-state index contributed by atoms with van der Waals surface area (Å²) in [5, 5.41) is 14.3. The molecule has 0 aliphatic heterocycles. The van der Waals surface area contributed by atoms with E-state index in [1.165, 1.54) is 0 Å². The average molecular weight is 331 g/mol. The number of benzene rings is 1. The lowest BCUT2D eigenvalue weighted by Crippen LogP contribution is -2.36. The number of nitrogens with one attached hydrogen (secondary N) is 2. The SMILES string of the molecule is COc1ccc(Oc2ncccc2NC(=O)N[C@H](C)CCO)cc1. The number of carbonyl (C=O) groups is 1. The molecule has 128 valence electrons. The van der Waals surface area contributed by atoms with Crippen molar-refractivity contribution >= 4 is 11.7 Å². The van der Waals surface area contributed by atoms with Gasteiger partial charge >= 0.3 is 6.03 Å². The van der Waals surface area contributed by atoms with Gasteiger partial charge in [0.2, 0.25) is 5.88 Å². The molecule has 0 fully saturated rings. The molecule has 0 radical (unpaired) electrons. The van der Waals surface area contributed by atoms with Gasteiger partial charge in [0.25, 0.3) is 0 Å². The number of ether oxygens (including phenoxy) is 2. The lowest BCUT2D eigenvalue weighted by molar-refractivity contribution is 0.241. The highest BCUT2D eigenvalue weighted by molar-refractivity contribution is 5.90. The lowest BCUT2D eigenvalue weighted by Gasteiger charge is -2.15. The minimum Gasteiger partial charge on any atom is -0.497 e. The summed E-state index contributed by atoms with van der Waals surface area (Å²) in [6.07, 6.45) is 2.06. The predicted molar refractivity (Wildman–Crippen MR) is 90.6 cm³/mol. The summed E-state index contributed by atoms with van der Waals surface area (Å²) in [6, 6.07) is 9.92. The van der Waals surface area contributed by atoms with Gasteiger partial charge in [-0.2, -0.15) is 0 Å². The van der Waals surface area contributed by atoms with Crippen LogP contribution in [0.25, 0.3) is 0 Å². The first kappa shape index (κ1) is 17.6. The second-order valence-corrected chi connectivity index (χ2v) is 5.15. The van der Waals surface area contributed by atoms with Crippen LogP contribution in [0.4, 0.5) is 10.5 Å². The summed E-state index contributed by atoms with van der Waals surface area (Å²) < 4.78 is 10.8. The van der Waals surface area contributed by atoms with Crippen molar-refractivity contribution in [2.75, 3.05) is 19.0 Å². The van der Waals surface area contributed by atoms with Crippen LogP contribution in [-0.2, 0) is 0 Å². The molecule has 0 spiro atoms. The standard InChI is InChI=1S/C17H21N3O4/c1-12(9-11-21)19-17(22)20-15-4-3-10-18-16(15)24-14-7-5-13(23-2)6-8-14/h3-8,10,12,21H,9,11H2,1-2H3,(H2,19,20,22)/t12-/m1/s1. The van der Waals surface area contributed by atoms with Gasteiger partial charge < -0.3 is 25.2 Å². The Balaban J connectivity index is 2.05. The van der Waals surface area contributed by atoms with Crippen molar-refractivity contribution in [3.63, 3.8) is 0 Å². The van der Waals surface area contributed by atoms with E-state index in [9.17, 15) is 4.79 Å². The summed E-state index contributed by atoms with van der Waals surface area (Å²) >= 11 is 0. The summed E-state index contributed by atoms with van der Waals surface area (Å²) in [7, 11) is 1.59. The number of pyridine rings is 1. The Morgan fingerprint density at radius 1 is 1.25 bits per heavy atom. The minimum atomic E-state index is -0.386. The van der Waals surface area contributed by atoms with E-state index in [2.05, 4.69) is 15.6 Å². The van der Waals surface area contributed by atoms with Crippen LogP contribution >= 0.6 is 0 Å². The molecule has 2 amide bonds. The Labute approximate surface area is 140 Å². The third-order valence-electron chi connectivity index (χ3n) is 3.23. The number of methoxy groups -OCH3 is 1. The number of aromatic nitrogens is 1. The zero-order valence-corrected chi connectivity index (χ0v) is 13.7. The average Bonchev–Trinajstić information content (AvgIpc) is 2.57. The molecule has 0 aliphatic carbocycles. The largest absolute Gasteiger partial charge is 0.497 e. The van der Waals surface area contributed by atoms with E-state index in [0.29, 0.717) is 17.9 Å². The summed E-state index contributed by atoms with van der Waals surface area (Å²) in [5.74, 6) is 1.58. The van der Waals surface area contributed by atoms with Crippen LogP contribution in [0.5, 0.6) is 17.4 Å². The van der Waals surface area contributed by atoms with Crippen molar-refractivity contribution in [2.45, 2.75) is 19.4 Å². The second-order valence-electron chi connectivity index (χ2n) is 5.15. The van der Waals surface area contributed by atoms with E-state index in [1.54, 1.807) is 49.7 Å². The van der Waals surface area contributed by atoms with Crippen molar-refractivity contribution in [2.24, 2.45) is 0 Å². The molecular formula is C17H21N3O4. The van der Waals surface area contributed by atoms with Gasteiger partial charge in [0.15, 0.2) is 0 Å². The molecule has 7 nitrogen and oxygen atoms in total. The number of nitrogens with zero attached hydrogens (tertiary/aromatic N) is 1. The van der Waals surface area contributed by atoms with E-state index in [0.717, 1.165) is 5.75 Å². The maximum absolute atomic E-state index is 12.0. The third kappa shape index (κ3) is 5.13. The summed E-state index contributed by atoms with van der Waals surface area (Å²) in [6.45, 7) is 1.83. The molecule has 2 rings (SSSR count). The molecule has 24 heavy (non-hydrogen) atoms. The highest BCUT2D eigenvalue weighted by Crippen LogP contribution is 2.27. The number of aliphatic hydroxyl groups excluding tert-OH is 1. The van der Waals surface area contributed by atoms with Gasteiger partial charge in [-0.25, -0.2) is 9.78 Å². The number of hydrogen-bond acceptors (Lipinski definition) is 5. The molecule has 1 heterocycles. The van der Waals surface area contributed by atoms with Crippen molar-refractivity contribution in [1.29, 1.82) is 0 Å². The predicted octanol–water partition coefficient (Wildman–Crippen LogP) is 2.77. The van der Waals surface area contributed by atoms with Gasteiger partial charge in [0.05, 0.1) is 7.11 Å². The Kier molecular flexibility index (Phi) is 6.39. The number of rotatable bonds is 7. The molecule has 2 aromatic rings. The molecule has 7 heteroatoms. The van der Waals surface area contributed by atoms with Crippen LogP contribution in [-0.4, -0.2) is 35.9 Å². The van der Waals surface area contributed by atoms with Crippen molar-refractivity contribution < 1.29 is 19.4 Å². The first-order chi connectivity index (χ1) is 11.6. The Bertz CT molecular complexity index is 661. The lowest BCUT2D eigenvalue weighted by atomic mass is 10.2. The number of aliphatic hydroxyl groups is 1. The number of carbonyl (C=O) groups excluding carboxylic acids is 1. The van der Waals surface area contributed by atoms with Crippen LogP contribution < -0.4 is 20.1 Å². The summed E-state index contributed by atoms with van der Waals surface area (Å²) in [4.78, 5) is 16.1. The quantitative estimate of drug-likeness (QED) is 0.725. The van der Waals surface area contributed by atoms with Crippen molar-refractivity contribution in [3.8, 4) is 17.4 Å².